The molecule has 1 aromatic rings. The Morgan fingerprint density at radius 3 is 2.78 bits per heavy atom. The molecule has 1 aliphatic carbocycles. The van der Waals surface area contributed by atoms with E-state index >= 15 is 0 Å². The minimum absolute atomic E-state index is 0.0819. The Balaban J connectivity index is 2.45. The van der Waals surface area contributed by atoms with Crippen LogP contribution in [0.5, 0.6) is 0 Å². The summed E-state index contributed by atoms with van der Waals surface area (Å²) in [5.41, 5.74) is -1.21. The van der Waals surface area contributed by atoms with Crippen LogP contribution in [0.25, 0.3) is 0 Å². The van der Waals surface area contributed by atoms with Crippen LogP contribution < -0.4 is 0 Å². The second kappa shape index (κ2) is 4.96. The van der Waals surface area contributed by atoms with E-state index in [1.165, 1.54) is 0 Å². The van der Waals surface area contributed by atoms with E-state index in [0.29, 0.717) is 24.4 Å². The van der Waals surface area contributed by atoms with Gasteiger partial charge in [-0.25, -0.2) is 0 Å². The fourth-order valence-electron chi connectivity index (χ4n) is 2.52. The van der Waals surface area contributed by atoms with Crippen molar-refractivity contribution >= 4 is 11.8 Å². The lowest BCUT2D eigenvalue weighted by molar-refractivity contribution is -0.156. The zero-order valence-electron chi connectivity index (χ0n) is 10.8. The molecule has 4 nitrogen and oxygen atoms in total. The van der Waals surface area contributed by atoms with E-state index in [1.807, 2.05) is 0 Å². The Morgan fingerprint density at radius 2 is 2.22 bits per heavy atom. The van der Waals surface area contributed by atoms with Gasteiger partial charge in [0.25, 0.3) is 0 Å². The third-order valence-corrected chi connectivity index (χ3v) is 3.47. The molecule has 0 spiro atoms. The van der Waals surface area contributed by atoms with Crippen LogP contribution in [0.15, 0.2) is 16.5 Å². The Kier molecular flexibility index (Phi) is 3.55. The molecule has 1 atom stereocenters. The molecule has 0 N–H and O–H groups in total. The number of esters is 1. The molecule has 1 aromatic heterocycles. The molecule has 0 radical (unpaired) electrons. The molecule has 1 unspecified atom stereocenters. The van der Waals surface area contributed by atoms with Crippen molar-refractivity contribution in [3.05, 3.63) is 23.7 Å². The van der Waals surface area contributed by atoms with Gasteiger partial charge in [-0.1, -0.05) is 6.42 Å². The van der Waals surface area contributed by atoms with Gasteiger partial charge in [-0.05, 0) is 38.8 Å². The molecule has 1 heterocycles. The largest absolute Gasteiger partial charge is 0.465 e. The summed E-state index contributed by atoms with van der Waals surface area (Å²) in [4.78, 5) is 24.5. The Morgan fingerprint density at radius 1 is 1.44 bits per heavy atom. The average Bonchev–Trinajstić information content (AvgIpc) is 2.77. The zero-order valence-corrected chi connectivity index (χ0v) is 10.8. The monoisotopic (exact) mass is 250 g/mol. The summed E-state index contributed by atoms with van der Waals surface area (Å²) >= 11 is 0. The molecule has 1 fully saturated rings. The number of hydrogen-bond donors (Lipinski definition) is 0. The summed E-state index contributed by atoms with van der Waals surface area (Å²) in [6.07, 6.45) is 2.57. The highest BCUT2D eigenvalue weighted by molar-refractivity contribution is 6.09. The van der Waals surface area contributed by atoms with Gasteiger partial charge in [-0.15, -0.1) is 0 Å². The third kappa shape index (κ3) is 1.96. The second-order valence-electron chi connectivity index (χ2n) is 4.67. The number of rotatable bonds is 3. The Bertz CT molecular complexity index is 460. The summed E-state index contributed by atoms with van der Waals surface area (Å²) < 4.78 is 10.6. The number of furan rings is 1. The van der Waals surface area contributed by atoms with Crippen molar-refractivity contribution in [2.75, 3.05) is 6.61 Å². The van der Waals surface area contributed by atoms with Gasteiger partial charge < -0.3 is 9.15 Å². The molecule has 98 valence electrons. The minimum atomic E-state index is -1.21. The molecule has 4 heteroatoms. The highest BCUT2D eigenvalue weighted by Gasteiger charge is 2.51. The van der Waals surface area contributed by atoms with Crippen molar-refractivity contribution in [2.45, 2.75) is 44.9 Å². The number of ether oxygens (including phenoxy) is 1. The van der Waals surface area contributed by atoms with E-state index in [4.69, 9.17) is 9.15 Å². The molecule has 0 saturated heterocycles. The average molecular weight is 250 g/mol. The van der Waals surface area contributed by atoms with Crippen LogP contribution in [0.4, 0.5) is 0 Å². The van der Waals surface area contributed by atoms with Gasteiger partial charge in [0, 0.05) is 6.42 Å². The van der Waals surface area contributed by atoms with Gasteiger partial charge in [0.2, 0.25) is 0 Å². The molecule has 0 aromatic carbocycles. The first-order valence-corrected chi connectivity index (χ1v) is 6.38. The van der Waals surface area contributed by atoms with E-state index in [9.17, 15) is 9.59 Å². The summed E-state index contributed by atoms with van der Waals surface area (Å²) in [5, 5.41) is 0. The van der Waals surface area contributed by atoms with Crippen molar-refractivity contribution in [3.63, 3.8) is 0 Å². The molecular formula is C14H18O4. The van der Waals surface area contributed by atoms with Crippen molar-refractivity contribution in [1.29, 1.82) is 0 Å². The molecule has 0 bridgehead atoms. The van der Waals surface area contributed by atoms with Crippen LogP contribution in [0.1, 0.15) is 44.1 Å². The lowest BCUT2D eigenvalue weighted by atomic mass is 9.71. The van der Waals surface area contributed by atoms with Crippen molar-refractivity contribution in [2.24, 2.45) is 0 Å². The lowest BCUT2D eigenvalue weighted by Crippen LogP contribution is -2.46. The number of carbonyl (C=O) groups excluding carboxylic acids is 2. The number of ketones is 1. The van der Waals surface area contributed by atoms with Crippen LogP contribution in [0.2, 0.25) is 0 Å². The molecule has 2 rings (SSSR count). The van der Waals surface area contributed by atoms with Crippen molar-refractivity contribution in [3.8, 4) is 0 Å². The maximum atomic E-state index is 12.3. The first-order valence-electron chi connectivity index (χ1n) is 6.38. The van der Waals surface area contributed by atoms with Crippen molar-refractivity contribution in [1.82, 2.24) is 0 Å². The molecule has 18 heavy (non-hydrogen) atoms. The van der Waals surface area contributed by atoms with E-state index in [-0.39, 0.29) is 12.4 Å². The second-order valence-corrected chi connectivity index (χ2v) is 4.67. The van der Waals surface area contributed by atoms with Crippen LogP contribution in [0.3, 0.4) is 0 Å². The summed E-state index contributed by atoms with van der Waals surface area (Å²) in [6, 6.07) is 3.49. The number of hydrogen-bond acceptors (Lipinski definition) is 4. The predicted molar refractivity (Wildman–Crippen MR) is 65.2 cm³/mol. The minimum Gasteiger partial charge on any atom is -0.465 e. The summed E-state index contributed by atoms with van der Waals surface area (Å²) in [5.74, 6) is 0.584. The highest BCUT2D eigenvalue weighted by Crippen LogP contribution is 2.38. The van der Waals surface area contributed by atoms with E-state index in [1.54, 1.807) is 26.0 Å². The standard InChI is InChI=1S/C14H18O4/c1-3-17-13(16)14(9-5-4-6-11(14)15)12-8-7-10(2)18-12/h7-8H,3-6,9H2,1-2H3. The highest BCUT2D eigenvalue weighted by atomic mass is 16.5. The molecule has 0 aliphatic heterocycles. The van der Waals surface area contributed by atoms with Crippen LogP contribution in [0, 0.1) is 6.92 Å². The van der Waals surface area contributed by atoms with Gasteiger partial charge in [0.05, 0.1) is 6.61 Å². The van der Waals surface area contributed by atoms with Gasteiger partial charge >= 0.3 is 5.97 Å². The molecular weight excluding hydrogens is 232 g/mol. The van der Waals surface area contributed by atoms with Crippen LogP contribution >= 0.6 is 0 Å². The normalized spacial score (nSPS) is 24.0. The fourth-order valence-corrected chi connectivity index (χ4v) is 2.52. The Hall–Kier alpha value is -1.58. The smallest absolute Gasteiger partial charge is 0.327 e. The van der Waals surface area contributed by atoms with E-state index in [0.717, 1.165) is 12.8 Å². The van der Waals surface area contributed by atoms with Crippen LogP contribution in [-0.4, -0.2) is 18.4 Å². The maximum Gasteiger partial charge on any atom is 0.327 e. The summed E-state index contributed by atoms with van der Waals surface area (Å²) in [6.45, 7) is 3.81. The first-order chi connectivity index (χ1) is 8.61. The Labute approximate surface area is 106 Å². The summed E-state index contributed by atoms with van der Waals surface area (Å²) in [7, 11) is 0. The fraction of sp³-hybridized carbons (Fsp3) is 0.571. The number of aryl methyl sites for hydroxylation is 1. The van der Waals surface area contributed by atoms with Gasteiger partial charge in [0.1, 0.15) is 11.5 Å². The SMILES string of the molecule is CCOC(=O)C1(c2ccc(C)o2)CCCCC1=O. The number of Topliss-reactive ketones (excluding diaryl/α,β-unsaturated/α-hetero) is 1. The molecule has 1 aliphatic rings. The van der Waals surface area contributed by atoms with Crippen molar-refractivity contribution < 1.29 is 18.7 Å². The van der Waals surface area contributed by atoms with Crippen LogP contribution in [-0.2, 0) is 19.7 Å². The number of carbonyl (C=O) groups is 2. The van der Waals surface area contributed by atoms with E-state index in [2.05, 4.69) is 0 Å². The van der Waals surface area contributed by atoms with E-state index < -0.39 is 11.4 Å². The maximum absolute atomic E-state index is 12.3. The quantitative estimate of drug-likeness (QED) is 0.611. The first kappa shape index (κ1) is 12.9. The molecule has 1 saturated carbocycles. The molecule has 0 amide bonds. The van der Waals surface area contributed by atoms with Gasteiger partial charge in [0.15, 0.2) is 11.2 Å². The third-order valence-electron chi connectivity index (χ3n) is 3.47. The lowest BCUT2D eigenvalue weighted by Gasteiger charge is -2.31. The van der Waals surface area contributed by atoms with Gasteiger partial charge in [-0.2, -0.15) is 0 Å². The predicted octanol–water partition coefficient (Wildman–Crippen LogP) is 2.53. The zero-order chi connectivity index (χ0) is 13.2. The topological polar surface area (TPSA) is 56.5 Å². The van der Waals surface area contributed by atoms with Gasteiger partial charge in [-0.3, -0.25) is 9.59 Å².